The Hall–Kier alpha value is -2.46. The molecule has 3 saturated carbocycles. The molecule has 8 atom stereocenters. The maximum atomic E-state index is 17.4. The van der Waals surface area contributed by atoms with Gasteiger partial charge in [0.2, 0.25) is 5.78 Å². The van der Waals surface area contributed by atoms with Gasteiger partial charge in [0, 0.05) is 42.9 Å². The smallest absolute Gasteiger partial charge is 0.303 e. The summed E-state index contributed by atoms with van der Waals surface area (Å²) in [6, 6.07) is 0. The van der Waals surface area contributed by atoms with Crippen molar-refractivity contribution < 1.29 is 47.6 Å². The number of esters is 2. The number of carbonyl (C=O) groups excluding carboxylic acids is 4. The summed E-state index contributed by atoms with van der Waals surface area (Å²) in [6.07, 6.45) is 0.490. The number of halogens is 2. The van der Waals surface area contributed by atoms with Crippen molar-refractivity contribution in [2.24, 2.45) is 28.6 Å². The zero-order chi connectivity index (χ0) is 27.1. The van der Waals surface area contributed by atoms with E-state index in [4.69, 9.17) is 9.47 Å². The summed E-state index contributed by atoms with van der Waals surface area (Å²) in [5, 5.41) is 22.8. The maximum absolute atomic E-state index is 17.4. The lowest BCUT2D eigenvalue weighted by atomic mass is 9.43. The van der Waals surface area contributed by atoms with Crippen molar-refractivity contribution in [3.63, 3.8) is 0 Å². The number of allylic oxidation sites excluding steroid dienone is 4. The van der Waals surface area contributed by atoms with Gasteiger partial charge in [-0.3, -0.25) is 19.2 Å². The highest BCUT2D eigenvalue weighted by molar-refractivity contribution is 6.01. The van der Waals surface area contributed by atoms with Crippen molar-refractivity contribution in [1.29, 1.82) is 0 Å². The van der Waals surface area contributed by atoms with E-state index in [2.05, 4.69) is 0 Å². The Morgan fingerprint density at radius 3 is 2.33 bits per heavy atom. The highest BCUT2D eigenvalue weighted by atomic mass is 19.1. The number of aliphatic hydroxyl groups is 2. The van der Waals surface area contributed by atoms with Crippen molar-refractivity contribution in [1.82, 2.24) is 0 Å². The molecule has 0 amide bonds. The summed E-state index contributed by atoms with van der Waals surface area (Å²) in [7, 11) is 0. The van der Waals surface area contributed by atoms with Gasteiger partial charge < -0.3 is 19.7 Å². The minimum Gasteiger partial charge on any atom is -0.458 e. The maximum Gasteiger partial charge on any atom is 0.303 e. The lowest BCUT2D eigenvalue weighted by molar-refractivity contribution is -0.349. The summed E-state index contributed by atoms with van der Waals surface area (Å²) < 4.78 is 43.5. The predicted molar refractivity (Wildman–Crippen MR) is 120 cm³/mol. The van der Waals surface area contributed by atoms with E-state index in [1.54, 1.807) is 6.92 Å². The molecule has 3 fully saturated rings. The van der Waals surface area contributed by atoms with Crippen molar-refractivity contribution in [3.8, 4) is 0 Å². The van der Waals surface area contributed by atoms with Crippen LogP contribution in [0.15, 0.2) is 23.8 Å². The summed E-state index contributed by atoms with van der Waals surface area (Å²) >= 11 is 0. The first-order valence-corrected chi connectivity index (χ1v) is 12.1. The van der Waals surface area contributed by atoms with E-state index in [0.717, 1.165) is 26.0 Å². The largest absolute Gasteiger partial charge is 0.458 e. The van der Waals surface area contributed by atoms with Crippen LogP contribution in [0.5, 0.6) is 0 Å². The third-order valence-corrected chi connectivity index (χ3v) is 9.32. The highest BCUT2D eigenvalue weighted by Gasteiger charge is 2.81. The molecule has 0 saturated heterocycles. The molecule has 2 N–H and O–H groups in total. The minimum absolute atomic E-state index is 0.118. The second-order valence-electron chi connectivity index (χ2n) is 11.2. The van der Waals surface area contributed by atoms with Crippen molar-refractivity contribution >= 4 is 23.5 Å². The Morgan fingerprint density at radius 1 is 1.11 bits per heavy atom. The average molecular weight is 511 g/mol. The summed E-state index contributed by atoms with van der Waals surface area (Å²) in [6.45, 7) is 5.95. The lowest BCUT2D eigenvalue weighted by Crippen LogP contribution is -2.76. The fourth-order valence-corrected chi connectivity index (χ4v) is 8.02. The Labute approximate surface area is 207 Å². The van der Waals surface area contributed by atoms with Gasteiger partial charge in [-0.05, 0) is 43.4 Å². The predicted octanol–water partition coefficient (Wildman–Crippen LogP) is 2.31. The first-order chi connectivity index (χ1) is 16.5. The van der Waals surface area contributed by atoms with Crippen LogP contribution in [0.3, 0.4) is 0 Å². The molecule has 8 nitrogen and oxygen atoms in total. The number of hydrogen-bond donors (Lipinski definition) is 2. The molecule has 0 spiro atoms. The number of fused-ring (bicyclic) bond motifs is 5. The molecule has 0 aliphatic heterocycles. The number of hydrogen-bond acceptors (Lipinski definition) is 8. The molecule has 0 bridgehead atoms. The number of Topliss-reactive ketones (excluding diaryl/α,β-unsaturated/α-hetero) is 1. The molecular weight excluding hydrogens is 478 g/mol. The molecule has 0 aromatic carbocycles. The van der Waals surface area contributed by atoms with Gasteiger partial charge in [-0.1, -0.05) is 19.9 Å². The van der Waals surface area contributed by atoms with E-state index in [-0.39, 0.29) is 12.0 Å². The number of ether oxygens (including phenoxy) is 2. The van der Waals surface area contributed by atoms with E-state index in [1.807, 2.05) is 0 Å². The normalized spacial score (nSPS) is 44.6. The molecule has 4 rings (SSSR count). The Morgan fingerprint density at radius 2 is 1.75 bits per heavy atom. The van der Waals surface area contributed by atoms with Gasteiger partial charge >= 0.3 is 11.9 Å². The van der Waals surface area contributed by atoms with Gasteiger partial charge in [-0.15, -0.1) is 0 Å². The first kappa shape index (κ1) is 26.6. The van der Waals surface area contributed by atoms with Crippen LogP contribution in [0.1, 0.15) is 53.9 Å². The van der Waals surface area contributed by atoms with E-state index in [9.17, 15) is 29.4 Å². The quantitative estimate of drug-likeness (QED) is 0.436. The van der Waals surface area contributed by atoms with Crippen molar-refractivity contribution in [2.45, 2.75) is 77.1 Å². The molecule has 0 aromatic heterocycles. The molecule has 0 heterocycles. The van der Waals surface area contributed by atoms with E-state index < -0.39 is 94.8 Å². The molecule has 198 valence electrons. The minimum atomic E-state index is -3.10. The van der Waals surface area contributed by atoms with E-state index in [1.165, 1.54) is 19.9 Å². The molecule has 10 heteroatoms. The second kappa shape index (κ2) is 8.02. The molecule has 0 aromatic rings. The number of alkyl halides is 2. The second-order valence-corrected chi connectivity index (χ2v) is 11.2. The zero-order valence-corrected chi connectivity index (χ0v) is 21.0. The van der Waals surface area contributed by atoms with Crippen LogP contribution in [-0.2, 0) is 28.7 Å². The van der Waals surface area contributed by atoms with Crippen LogP contribution in [-0.4, -0.2) is 63.6 Å². The lowest BCUT2D eigenvalue weighted by Gasteiger charge is -2.65. The van der Waals surface area contributed by atoms with Gasteiger partial charge in [0.05, 0.1) is 0 Å². The average Bonchev–Trinajstić information content (AvgIpc) is 2.96. The molecule has 2 unspecified atom stereocenters. The van der Waals surface area contributed by atoms with Gasteiger partial charge in [0.1, 0.15) is 6.17 Å². The summed E-state index contributed by atoms with van der Waals surface area (Å²) in [5.74, 6) is -8.80. The molecule has 36 heavy (non-hydrogen) atoms. The SMILES string of the molecule is CC(=O)OCC(=O)[C@@]1(OC(C)=O)C(C)C[C@H]2[C@@H]3CC(F)C4=CC(=O)C=C[C@]4(C)[C@@]3(F)C(O)(O)C[C@@]21C. The number of rotatable bonds is 4. The van der Waals surface area contributed by atoms with Gasteiger partial charge in [0.15, 0.2) is 29.4 Å². The molecule has 4 aliphatic carbocycles. The number of carbonyl (C=O) groups is 4. The molecule has 4 aliphatic rings. The highest BCUT2D eigenvalue weighted by Crippen LogP contribution is 2.73. The third-order valence-electron chi connectivity index (χ3n) is 9.32. The zero-order valence-electron chi connectivity index (χ0n) is 21.0. The number of ketones is 2. The Kier molecular flexibility index (Phi) is 5.92. The van der Waals surface area contributed by atoms with Crippen molar-refractivity contribution in [3.05, 3.63) is 23.8 Å². The topological polar surface area (TPSA) is 127 Å². The van der Waals surface area contributed by atoms with Crippen LogP contribution >= 0.6 is 0 Å². The fourth-order valence-electron chi connectivity index (χ4n) is 8.02. The van der Waals surface area contributed by atoms with Crippen LogP contribution in [0.25, 0.3) is 0 Å². The van der Waals surface area contributed by atoms with Gasteiger partial charge in [0.25, 0.3) is 0 Å². The van der Waals surface area contributed by atoms with Crippen LogP contribution in [0.4, 0.5) is 8.78 Å². The summed E-state index contributed by atoms with van der Waals surface area (Å²) in [5.41, 5.74) is -8.33. The molecular formula is C26H32F2O8. The monoisotopic (exact) mass is 510 g/mol. The van der Waals surface area contributed by atoms with E-state index in [0.29, 0.717) is 0 Å². The standard InChI is InChI=1S/C26H32F2O8/c1-13-8-17-18-10-20(27)19-9-16(31)6-7-22(19,4)26(18,28)24(33,34)12-23(17,5)25(13,36-15(3)30)21(32)11-35-14(2)29/h6-7,9,13,17-18,20,33-34H,8,10-12H2,1-5H3/t13?,17-,18-,20?,22-,23-,25-,26+/m0/s1. The van der Waals surface area contributed by atoms with Gasteiger partial charge in [-0.25, -0.2) is 8.78 Å². The van der Waals surface area contributed by atoms with Crippen LogP contribution in [0.2, 0.25) is 0 Å². The first-order valence-electron chi connectivity index (χ1n) is 12.1. The Bertz CT molecular complexity index is 1100. The summed E-state index contributed by atoms with van der Waals surface area (Å²) in [4.78, 5) is 49.2. The van der Waals surface area contributed by atoms with Crippen LogP contribution < -0.4 is 0 Å². The molecule has 0 radical (unpaired) electrons. The van der Waals surface area contributed by atoms with Gasteiger partial charge in [-0.2, -0.15) is 0 Å². The third kappa shape index (κ3) is 3.16. The van der Waals surface area contributed by atoms with Crippen molar-refractivity contribution in [2.75, 3.05) is 6.61 Å². The Balaban J connectivity index is 1.90. The van der Waals surface area contributed by atoms with E-state index >= 15 is 8.78 Å². The fraction of sp³-hybridized carbons (Fsp3) is 0.692. The van der Waals surface area contributed by atoms with Crippen LogP contribution in [0, 0.1) is 28.6 Å².